The van der Waals surface area contributed by atoms with Gasteiger partial charge in [0.15, 0.2) is 18.6 Å². The Morgan fingerprint density at radius 2 is 1.45 bits per heavy atom. The number of ether oxygens (including phenoxy) is 3. The summed E-state index contributed by atoms with van der Waals surface area (Å²) >= 11 is 6.74. The molecular formula is C23H22ClO4P. The maximum absolute atomic E-state index is 14.8. The number of aryl methyl sites for hydroxylation is 2. The second-order valence-corrected chi connectivity index (χ2v) is 10.1. The Morgan fingerprint density at radius 1 is 0.931 bits per heavy atom. The van der Waals surface area contributed by atoms with Crippen molar-refractivity contribution < 1.29 is 18.8 Å². The van der Waals surface area contributed by atoms with E-state index in [0.717, 1.165) is 11.1 Å². The molecule has 3 aromatic rings. The molecule has 0 fully saturated rings. The normalized spacial score (nSPS) is 12.8. The van der Waals surface area contributed by atoms with Gasteiger partial charge in [0.1, 0.15) is 0 Å². The van der Waals surface area contributed by atoms with Crippen molar-refractivity contribution in [3.8, 4) is 17.2 Å². The van der Waals surface area contributed by atoms with Crippen LogP contribution in [0.1, 0.15) is 18.1 Å². The van der Waals surface area contributed by atoms with Crippen LogP contribution in [0.15, 0.2) is 54.6 Å². The van der Waals surface area contributed by atoms with Crippen LogP contribution in [-0.4, -0.2) is 13.4 Å². The van der Waals surface area contributed by atoms with E-state index in [-0.39, 0.29) is 6.79 Å². The Balaban J connectivity index is 2.02. The highest BCUT2D eigenvalue weighted by Crippen LogP contribution is 2.52. The fourth-order valence-electron chi connectivity index (χ4n) is 3.42. The zero-order valence-corrected chi connectivity index (χ0v) is 18.2. The van der Waals surface area contributed by atoms with Crippen molar-refractivity contribution >= 4 is 34.7 Å². The van der Waals surface area contributed by atoms with Crippen molar-refractivity contribution in [2.24, 2.45) is 0 Å². The number of halogens is 1. The molecule has 0 amide bonds. The summed E-state index contributed by atoms with van der Waals surface area (Å²) in [5.74, 6) is 1.32. The van der Waals surface area contributed by atoms with Gasteiger partial charge in [-0.25, -0.2) is 0 Å². The highest BCUT2D eigenvalue weighted by atomic mass is 35.5. The lowest BCUT2D eigenvalue weighted by Crippen LogP contribution is -2.26. The van der Waals surface area contributed by atoms with Crippen LogP contribution >= 0.6 is 18.7 Å². The molecule has 0 radical (unpaired) electrons. The smallest absolute Gasteiger partial charge is 0.231 e. The van der Waals surface area contributed by atoms with Crippen LogP contribution in [0.25, 0.3) is 0 Å². The summed E-state index contributed by atoms with van der Waals surface area (Å²) in [4.78, 5) is 0. The van der Waals surface area contributed by atoms with E-state index in [0.29, 0.717) is 44.8 Å². The number of fused-ring (bicyclic) bond motifs is 1. The summed E-state index contributed by atoms with van der Waals surface area (Å²) in [5.41, 5.74) is 2.19. The van der Waals surface area contributed by atoms with E-state index >= 15 is 0 Å². The van der Waals surface area contributed by atoms with Crippen molar-refractivity contribution in [2.45, 2.75) is 20.8 Å². The Morgan fingerprint density at radius 3 is 1.97 bits per heavy atom. The molecule has 6 heteroatoms. The summed E-state index contributed by atoms with van der Waals surface area (Å²) in [6, 6.07) is 17.2. The molecule has 0 saturated carbocycles. The molecule has 29 heavy (non-hydrogen) atoms. The first kappa shape index (κ1) is 19.9. The van der Waals surface area contributed by atoms with E-state index in [4.69, 9.17) is 25.8 Å². The molecule has 3 aromatic carbocycles. The fourth-order valence-corrected chi connectivity index (χ4v) is 6.64. The summed E-state index contributed by atoms with van der Waals surface area (Å²) in [6.07, 6.45) is 0. The third kappa shape index (κ3) is 3.41. The molecule has 0 atom stereocenters. The summed E-state index contributed by atoms with van der Waals surface area (Å²) in [5, 5.41) is 2.19. The van der Waals surface area contributed by atoms with E-state index < -0.39 is 7.14 Å². The molecule has 1 aliphatic heterocycles. The maximum atomic E-state index is 14.8. The van der Waals surface area contributed by atoms with Gasteiger partial charge in [-0.3, -0.25) is 0 Å². The van der Waals surface area contributed by atoms with Gasteiger partial charge in [0.2, 0.25) is 12.5 Å². The minimum absolute atomic E-state index is 0.0535. The Kier molecular flexibility index (Phi) is 5.33. The molecule has 1 aliphatic rings. The molecule has 0 aliphatic carbocycles. The minimum Gasteiger partial charge on any atom is -0.490 e. The zero-order chi connectivity index (χ0) is 20.6. The molecule has 0 unspecified atom stereocenters. The molecule has 0 aromatic heterocycles. The van der Waals surface area contributed by atoms with E-state index in [1.165, 1.54) is 0 Å². The zero-order valence-electron chi connectivity index (χ0n) is 16.6. The summed E-state index contributed by atoms with van der Waals surface area (Å²) in [7, 11) is -3.28. The highest BCUT2D eigenvalue weighted by molar-refractivity contribution is 7.85. The first-order valence-electron chi connectivity index (χ1n) is 9.45. The minimum atomic E-state index is -3.28. The predicted molar refractivity (Wildman–Crippen MR) is 118 cm³/mol. The fraction of sp³-hybridized carbons (Fsp3) is 0.217. The van der Waals surface area contributed by atoms with Crippen LogP contribution in [-0.2, 0) is 4.57 Å². The molecule has 1 heterocycles. The van der Waals surface area contributed by atoms with Crippen LogP contribution in [0, 0.1) is 13.8 Å². The molecular weight excluding hydrogens is 407 g/mol. The number of rotatable bonds is 5. The van der Waals surface area contributed by atoms with E-state index in [1.807, 2.05) is 69.3 Å². The molecule has 4 nitrogen and oxygen atoms in total. The molecule has 0 spiro atoms. The van der Waals surface area contributed by atoms with Gasteiger partial charge in [-0.15, -0.1) is 0 Å². The monoisotopic (exact) mass is 428 g/mol. The molecule has 4 rings (SSSR count). The second kappa shape index (κ2) is 7.78. The van der Waals surface area contributed by atoms with Crippen molar-refractivity contribution in [2.75, 3.05) is 13.4 Å². The Hall–Kier alpha value is -2.42. The van der Waals surface area contributed by atoms with Crippen LogP contribution in [0.2, 0.25) is 5.02 Å². The van der Waals surface area contributed by atoms with Gasteiger partial charge in [0.25, 0.3) is 0 Å². The topological polar surface area (TPSA) is 44.8 Å². The lowest BCUT2D eigenvalue weighted by molar-refractivity contribution is 0.170. The van der Waals surface area contributed by atoms with Gasteiger partial charge < -0.3 is 18.8 Å². The van der Waals surface area contributed by atoms with E-state index in [9.17, 15) is 4.57 Å². The largest absolute Gasteiger partial charge is 0.490 e. The average molecular weight is 429 g/mol. The lowest BCUT2D eigenvalue weighted by Gasteiger charge is -2.23. The summed E-state index contributed by atoms with van der Waals surface area (Å²) in [6.45, 7) is 6.38. The van der Waals surface area contributed by atoms with Gasteiger partial charge in [0, 0.05) is 15.9 Å². The standard InChI is InChI=1S/C23H22ClO4P/c1-4-26-19-13-20(21(24)23-22(19)27-14-28-23)29(25,17-9-5-15(2)6-10-17)18-11-7-16(3)8-12-18/h5-13H,4,14H2,1-3H3. The van der Waals surface area contributed by atoms with Crippen molar-refractivity contribution in [1.82, 2.24) is 0 Å². The van der Waals surface area contributed by atoms with Crippen LogP contribution < -0.4 is 30.1 Å². The van der Waals surface area contributed by atoms with E-state index in [2.05, 4.69) is 0 Å². The first-order valence-corrected chi connectivity index (χ1v) is 11.5. The van der Waals surface area contributed by atoms with Crippen LogP contribution in [0.5, 0.6) is 17.2 Å². The molecule has 0 saturated heterocycles. The van der Waals surface area contributed by atoms with Crippen molar-refractivity contribution in [3.63, 3.8) is 0 Å². The van der Waals surface area contributed by atoms with Crippen LogP contribution in [0.3, 0.4) is 0 Å². The Labute approximate surface area is 175 Å². The van der Waals surface area contributed by atoms with Gasteiger partial charge in [-0.05, 0) is 26.8 Å². The number of benzene rings is 3. The molecule has 150 valence electrons. The molecule has 0 N–H and O–H groups in total. The van der Waals surface area contributed by atoms with Crippen molar-refractivity contribution in [3.05, 3.63) is 70.7 Å². The van der Waals surface area contributed by atoms with Gasteiger partial charge in [0.05, 0.1) is 11.6 Å². The van der Waals surface area contributed by atoms with E-state index in [1.54, 1.807) is 6.07 Å². The number of hydrogen-bond acceptors (Lipinski definition) is 4. The lowest BCUT2D eigenvalue weighted by atomic mass is 10.2. The highest BCUT2D eigenvalue weighted by Gasteiger charge is 2.37. The predicted octanol–water partition coefficient (Wildman–Crippen LogP) is 4.72. The third-order valence-corrected chi connectivity index (χ3v) is 8.55. The SMILES string of the molecule is CCOc1cc(P(=O)(c2ccc(C)cc2)c2ccc(C)cc2)c(Cl)c2c1OCO2. The molecule has 0 bridgehead atoms. The van der Waals surface area contributed by atoms with Gasteiger partial charge in [-0.2, -0.15) is 0 Å². The number of hydrogen-bond donors (Lipinski definition) is 0. The quantitative estimate of drug-likeness (QED) is 0.551. The maximum Gasteiger partial charge on any atom is 0.231 e. The van der Waals surface area contributed by atoms with Crippen molar-refractivity contribution in [1.29, 1.82) is 0 Å². The summed E-state index contributed by atoms with van der Waals surface area (Å²) < 4.78 is 31.7. The van der Waals surface area contributed by atoms with Gasteiger partial charge >= 0.3 is 0 Å². The first-order chi connectivity index (χ1) is 13.9. The van der Waals surface area contributed by atoms with Gasteiger partial charge in [-0.1, -0.05) is 71.3 Å². The van der Waals surface area contributed by atoms with Crippen LogP contribution in [0.4, 0.5) is 0 Å². The average Bonchev–Trinajstić information content (AvgIpc) is 3.21. The second-order valence-electron chi connectivity index (χ2n) is 6.99. The third-order valence-electron chi connectivity index (χ3n) is 4.96. The Bertz CT molecular complexity index is 1040.